The first kappa shape index (κ1) is 16.2. The van der Waals surface area contributed by atoms with Gasteiger partial charge in [0.1, 0.15) is 0 Å². The van der Waals surface area contributed by atoms with Gasteiger partial charge in [-0.05, 0) is 21.0 Å². The van der Waals surface area contributed by atoms with Gasteiger partial charge in [0.15, 0.2) is 15.8 Å². The van der Waals surface area contributed by atoms with E-state index in [0.717, 1.165) is 0 Å². The minimum atomic E-state index is -3.69. The molecule has 0 aromatic carbocycles. The Morgan fingerprint density at radius 3 is 2.71 bits per heavy atom. The number of sulfonamides is 1. The Morgan fingerprint density at radius 2 is 2.14 bits per heavy atom. The van der Waals surface area contributed by atoms with Crippen LogP contribution in [0.5, 0.6) is 0 Å². The van der Waals surface area contributed by atoms with Gasteiger partial charge in [0.2, 0.25) is 0 Å². The summed E-state index contributed by atoms with van der Waals surface area (Å²) in [5.41, 5.74) is 5.84. The fraction of sp³-hybridized carbons (Fsp3) is 0.583. The second-order valence-electron chi connectivity index (χ2n) is 5.18. The van der Waals surface area contributed by atoms with Gasteiger partial charge >= 0.3 is 0 Å². The third kappa shape index (κ3) is 2.91. The van der Waals surface area contributed by atoms with Gasteiger partial charge in [-0.25, -0.2) is 13.4 Å². The summed E-state index contributed by atoms with van der Waals surface area (Å²) in [7, 11) is 0.145. The van der Waals surface area contributed by atoms with Crippen molar-refractivity contribution in [3.63, 3.8) is 0 Å². The van der Waals surface area contributed by atoms with E-state index in [0.29, 0.717) is 18.1 Å². The molecule has 0 aliphatic carbocycles. The Bertz CT molecular complexity index is 719. The number of hydrogen-bond donors (Lipinski definition) is 1. The molecule has 2 aromatic heterocycles. The maximum atomic E-state index is 13.0. The summed E-state index contributed by atoms with van der Waals surface area (Å²) >= 11 is 1.36. The number of nitrogens with zero attached hydrogens (tertiary/aromatic N) is 4. The molecule has 1 atom stereocenters. The van der Waals surface area contributed by atoms with Crippen molar-refractivity contribution in [3.8, 4) is 0 Å². The highest BCUT2D eigenvalue weighted by Gasteiger charge is 2.33. The molecule has 0 aliphatic rings. The van der Waals surface area contributed by atoms with Gasteiger partial charge < -0.3 is 10.6 Å². The van der Waals surface area contributed by atoms with E-state index in [1.807, 2.05) is 32.8 Å². The molecule has 0 amide bonds. The molecule has 0 radical (unpaired) electrons. The predicted molar refractivity (Wildman–Crippen MR) is 85.1 cm³/mol. The molecular formula is C12H21N5O2S2. The molecule has 0 bridgehead atoms. The zero-order chi connectivity index (χ0) is 15.8. The molecule has 0 saturated carbocycles. The average Bonchev–Trinajstić information content (AvgIpc) is 2.86. The summed E-state index contributed by atoms with van der Waals surface area (Å²) in [5, 5.41) is 1.85. The third-order valence-corrected chi connectivity index (χ3v) is 6.12. The molecule has 9 heteroatoms. The van der Waals surface area contributed by atoms with Crippen LogP contribution in [0.15, 0.2) is 16.6 Å². The minimum Gasteiger partial charge on any atom is -0.381 e. The quantitative estimate of drug-likeness (QED) is 0.851. The molecule has 2 N–H and O–H groups in total. The van der Waals surface area contributed by atoms with Crippen molar-refractivity contribution < 1.29 is 8.42 Å². The van der Waals surface area contributed by atoms with E-state index in [1.165, 1.54) is 15.6 Å². The zero-order valence-electron chi connectivity index (χ0n) is 12.6. The summed E-state index contributed by atoms with van der Waals surface area (Å²) in [6, 6.07) is -0.154. The molecule has 0 aliphatic heterocycles. The lowest BCUT2D eigenvalue weighted by Gasteiger charge is -2.28. The van der Waals surface area contributed by atoms with Crippen molar-refractivity contribution in [1.29, 1.82) is 0 Å². The predicted octanol–water partition coefficient (Wildman–Crippen LogP) is 0.939. The number of thiazole rings is 1. The highest BCUT2D eigenvalue weighted by Crippen LogP contribution is 2.27. The fourth-order valence-corrected chi connectivity index (χ4v) is 5.07. The minimum absolute atomic E-state index is 0.0531. The van der Waals surface area contributed by atoms with Crippen LogP contribution in [0.4, 0.5) is 5.82 Å². The maximum absolute atomic E-state index is 13.0. The van der Waals surface area contributed by atoms with Crippen LogP contribution >= 0.6 is 11.3 Å². The van der Waals surface area contributed by atoms with Gasteiger partial charge in [-0.2, -0.15) is 4.31 Å². The molecule has 0 spiro atoms. The average molecular weight is 331 g/mol. The van der Waals surface area contributed by atoms with E-state index in [-0.39, 0.29) is 16.9 Å². The van der Waals surface area contributed by atoms with E-state index in [9.17, 15) is 8.42 Å². The Morgan fingerprint density at radius 1 is 1.48 bits per heavy atom. The summed E-state index contributed by atoms with van der Waals surface area (Å²) in [4.78, 5) is 6.67. The highest BCUT2D eigenvalue weighted by atomic mass is 32.2. The summed E-state index contributed by atoms with van der Waals surface area (Å²) in [6.07, 6.45) is 1.68. The Hall–Kier alpha value is -1.16. The molecule has 2 rings (SSSR count). The second-order valence-corrected chi connectivity index (χ2v) is 7.86. The van der Waals surface area contributed by atoms with Gasteiger partial charge in [-0.3, -0.25) is 4.40 Å². The van der Waals surface area contributed by atoms with E-state index in [4.69, 9.17) is 5.73 Å². The van der Waals surface area contributed by atoms with Gasteiger partial charge in [-0.15, -0.1) is 11.3 Å². The lowest BCUT2D eigenvalue weighted by molar-refractivity contribution is 0.271. The third-order valence-electron chi connectivity index (χ3n) is 3.23. The van der Waals surface area contributed by atoms with Crippen LogP contribution in [0.25, 0.3) is 4.96 Å². The zero-order valence-corrected chi connectivity index (χ0v) is 14.3. The number of anilines is 1. The van der Waals surface area contributed by atoms with Crippen molar-refractivity contribution in [1.82, 2.24) is 18.6 Å². The van der Waals surface area contributed by atoms with Crippen LogP contribution in [0.2, 0.25) is 0 Å². The van der Waals surface area contributed by atoms with Crippen molar-refractivity contribution in [2.24, 2.45) is 0 Å². The number of nitrogen functional groups attached to an aromatic ring is 1. The van der Waals surface area contributed by atoms with Gasteiger partial charge in [0.05, 0.1) is 0 Å². The number of nitrogens with two attached hydrogens (primary N) is 1. The summed E-state index contributed by atoms with van der Waals surface area (Å²) in [6.45, 7) is 4.74. The standard InChI is InChI=1S/C12H21N5O2S2/c1-5-17(9(2)8-15(3)4)21(18,19)11-10(13)14-12-16(11)6-7-20-12/h6-7,9H,5,8,13H2,1-4H3. The van der Waals surface area contributed by atoms with Crippen molar-refractivity contribution in [2.45, 2.75) is 24.9 Å². The molecule has 118 valence electrons. The first-order chi connectivity index (χ1) is 9.78. The monoisotopic (exact) mass is 331 g/mol. The van der Waals surface area contributed by atoms with Crippen LogP contribution in [0.3, 0.4) is 0 Å². The van der Waals surface area contributed by atoms with Gasteiger partial charge in [0.25, 0.3) is 10.0 Å². The Kier molecular flexibility index (Phi) is 4.57. The lowest BCUT2D eigenvalue weighted by Crippen LogP contribution is -2.44. The van der Waals surface area contributed by atoms with Gasteiger partial charge in [-0.1, -0.05) is 6.92 Å². The van der Waals surface area contributed by atoms with Crippen LogP contribution in [0, 0.1) is 0 Å². The largest absolute Gasteiger partial charge is 0.381 e. The van der Waals surface area contributed by atoms with E-state index >= 15 is 0 Å². The maximum Gasteiger partial charge on any atom is 0.263 e. The fourth-order valence-electron chi connectivity index (χ4n) is 2.49. The topological polar surface area (TPSA) is 83.9 Å². The summed E-state index contributed by atoms with van der Waals surface area (Å²) in [5.74, 6) is 0.0531. The summed E-state index contributed by atoms with van der Waals surface area (Å²) < 4.78 is 28.9. The van der Waals surface area contributed by atoms with Crippen molar-refractivity contribution in [2.75, 3.05) is 32.9 Å². The first-order valence-electron chi connectivity index (χ1n) is 6.66. The van der Waals surface area contributed by atoms with Gasteiger partial charge in [0, 0.05) is 30.7 Å². The van der Waals surface area contributed by atoms with E-state index in [2.05, 4.69) is 4.98 Å². The van der Waals surface area contributed by atoms with Crippen molar-refractivity contribution in [3.05, 3.63) is 11.6 Å². The second kappa shape index (κ2) is 5.91. The molecule has 7 nitrogen and oxygen atoms in total. The van der Waals surface area contributed by atoms with Crippen LogP contribution in [-0.2, 0) is 10.0 Å². The molecule has 21 heavy (non-hydrogen) atoms. The highest BCUT2D eigenvalue weighted by molar-refractivity contribution is 7.89. The molecule has 0 fully saturated rings. The smallest absolute Gasteiger partial charge is 0.263 e. The molecule has 1 unspecified atom stereocenters. The molecular weight excluding hydrogens is 310 g/mol. The first-order valence-corrected chi connectivity index (χ1v) is 8.98. The Balaban J connectivity index is 2.48. The number of imidazole rings is 1. The van der Waals surface area contributed by atoms with Crippen LogP contribution in [0.1, 0.15) is 13.8 Å². The van der Waals surface area contributed by atoms with Crippen LogP contribution in [-0.4, -0.2) is 60.2 Å². The lowest BCUT2D eigenvalue weighted by atomic mass is 10.3. The number of aromatic nitrogens is 2. The van der Waals surface area contributed by atoms with Crippen LogP contribution < -0.4 is 5.73 Å². The van der Waals surface area contributed by atoms with E-state index in [1.54, 1.807) is 16.0 Å². The Labute approximate surface area is 129 Å². The number of rotatable bonds is 6. The number of fused-ring (bicyclic) bond motifs is 1. The molecule has 2 heterocycles. The molecule has 0 saturated heterocycles. The SMILES string of the molecule is CCN(C(C)CN(C)C)S(=O)(=O)c1c(N)nc2sccn12. The van der Waals surface area contributed by atoms with E-state index < -0.39 is 10.0 Å². The number of likely N-dealkylation sites (N-methyl/N-ethyl adjacent to an activating group) is 2. The number of hydrogen-bond acceptors (Lipinski definition) is 6. The van der Waals surface area contributed by atoms with Crippen molar-refractivity contribution >= 4 is 32.1 Å². The normalized spacial score (nSPS) is 14.4. The molecule has 2 aromatic rings.